The van der Waals surface area contributed by atoms with Crippen molar-refractivity contribution in [3.8, 4) is 5.69 Å². The van der Waals surface area contributed by atoms with Gasteiger partial charge in [-0.2, -0.15) is 0 Å². The molecule has 124 valence electrons. The van der Waals surface area contributed by atoms with Gasteiger partial charge in [0.05, 0.1) is 18.1 Å². The number of methoxy groups -OCH3 is 1. The van der Waals surface area contributed by atoms with Crippen molar-refractivity contribution in [1.29, 1.82) is 0 Å². The molecule has 1 fully saturated rings. The van der Waals surface area contributed by atoms with E-state index < -0.39 is 5.60 Å². The van der Waals surface area contributed by atoms with E-state index in [1.807, 2.05) is 24.3 Å². The molecule has 1 aromatic carbocycles. The number of piperidine rings is 1. The SMILES string of the molecule is COC1(C(=O)Nc2ccc(-n3ccnn3)cc2)CCNCC1.Cl. The van der Waals surface area contributed by atoms with Crippen molar-refractivity contribution < 1.29 is 9.53 Å². The molecule has 23 heavy (non-hydrogen) atoms. The molecule has 2 heterocycles. The molecule has 0 aliphatic carbocycles. The first-order chi connectivity index (χ1) is 10.7. The monoisotopic (exact) mass is 337 g/mol. The zero-order valence-corrected chi connectivity index (χ0v) is 13.7. The van der Waals surface area contributed by atoms with Crippen molar-refractivity contribution in [2.45, 2.75) is 18.4 Å². The quantitative estimate of drug-likeness (QED) is 0.881. The van der Waals surface area contributed by atoms with Crippen LogP contribution in [-0.2, 0) is 9.53 Å². The molecule has 1 amide bonds. The van der Waals surface area contributed by atoms with Crippen LogP contribution in [0.15, 0.2) is 36.7 Å². The van der Waals surface area contributed by atoms with Crippen LogP contribution in [0.25, 0.3) is 5.69 Å². The summed E-state index contributed by atoms with van der Waals surface area (Å²) in [4.78, 5) is 12.5. The first-order valence-electron chi connectivity index (χ1n) is 7.28. The molecule has 1 aliphatic heterocycles. The molecule has 0 saturated carbocycles. The zero-order valence-electron chi connectivity index (χ0n) is 12.9. The number of hydrogen-bond acceptors (Lipinski definition) is 5. The Labute approximate surface area is 140 Å². The first kappa shape index (κ1) is 17.4. The average Bonchev–Trinajstić information content (AvgIpc) is 3.10. The van der Waals surface area contributed by atoms with E-state index >= 15 is 0 Å². The molecule has 8 heteroatoms. The zero-order chi connectivity index (χ0) is 15.4. The van der Waals surface area contributed by atoms with Gasteiger partial charge in [0.25, 0.3) is 5.91 Å². The van der Waals surface area contributed by atoms with Gasteiger partial charge in [0.2, 0.25) is 0 Å². The summed E-state index contributed by atoms with van der Waals surface area (Å²) in [7, 11) is 1.60. The molecule has 2 aromatic rings. The summed E-state index contributed by atoms with van der Waals surface area (Å²) >= 11 is 0. The van der Waals surface area contributed by atoms with Gasteiger partial charge in [0.15, 0.2) is 0 Å². The Bertz CT molecular complexity index is 624. The Morgan fingerprint density at radius 3 is 2.57 bits per heavy atom. The highest BCUT2D eigenvalue weighted by atomic mass is 35.5. The Morgan fingerprint density at radius 1 is 1.30 bits per heavy atom. The van der Waals surface area contributed by atoms with Crippen LogP contribution in [0.3, 0.4) is 0 Å². The number of hydrogen-bond donors (Lipinski definition) is 2. The Balaban J connectivity index is 0.00000192. The topological polar surface area (TPSA) is 81.1 Å². The molecular weight excluding hydrogens is 318 g/mol. The molecule has 2 N–H and O–H groups in total. The van der Waals surface area contributed by atoms with Gasteiger partial charge in [-0.05, 0) is 50.2 Å². The highest BCUT2D eigenvalue weighted by Gasteiger charge is 2.39. The van der Waals surface area contributed by atoms with E-state index in [9.17, 15) is 4.79 Å². The summed E-state index contributed by atoms with van der Waals surface area (Å²) < 4.78 is 7.18. The Kier molecular flexibility index (Phi) is 5.70. The molecule has 0 unspecified atom stereocenters. The van der Waals surface area contributed by atoms with Crippen molar-refractivity contribution in [1.82, 2.24) is 20.3 Å². The number of anilines is 1. The predicted octanol–water partition coefficient (Wildman–Crippen LogP) is 1.40. The Morgan fingerprint density at radius 2 is 2.00 bits per heavy atom. The summed E-state index contributed by atoms with van der Waals surface area (Å²) in [5, 5.41) is 13.9. The van der Waals surface area contributed by atoms with E-state index in [4.69, 9.17) is 4.74 Å². The highest BCUT2D eigenvalue weighted by Crippen LogP contribution is 2.24. The van der Waals surface area contributed by atoms with Crippen LogP contribution >= 0.6 is 12.4 Å². The minimum absolute atomic E-state index is 0. The number of benzene rings is 1. The van der Waals surface area contributed by atoms with Crippen LogP contribution in [0.4, 0.5) is 5.69 Å². The van der Waals surface area contributed by atoms with Gasteiger partial charge < -0.3 is 15.4 Å². The lowest BCUT2D eigenvalue weighted by atomic mass is 9.91. The summed E-state index contributed by atoms with van der Waals surface area (Å²) in [5.74, 6) is -0.0926. The van der Waals surface area contributed by atoms with Crippen LogP contribution in [0.1, 0.15) is 12.8 Å². The van der Waals surface area contributed by atoms with Crippen molar-refractivity contribution in [2.75, 3.05) is 25.5 Å². The predicted molar refractivity (Wildman–Crippen MR) is 89.1 cm³/mol. The van der Waals surface area contributed by atoms with Crippen LogP contribution in [0.2, 0.25) is 0 Å². The number of carbonyl (C=O) groups excluding carboxylic acids is 1. The van der Waals surface area contributed by atoms with Gasteiger partial charge in [-0.1, -0.05) is 5.21 Å². The molecule has 0 bridgehead atoms. The number of halogens is 1. The second-order valence-corrected chi connectivity index (χ2v) is 5.30. The van der Waals surface area contributed by atoms with E-state index in [0.29, 0.717) is 12.8 Å². The van der Waals surface area contributed by atoms with Gasteiger partial charge >= 0.3 is 0 Å². The standard InChI is InChI=1S/C15H19N5O2.ClH/c1-22-15(6-8-16-9-7-15)14(21)18-12-2-4-13(5-3-12)20-11-10-17-19-20;/h2-5,10-11,16H,6-9H2,1H3,(H,18,21);1H. The fourth-order valence-electron chi connectivity index (χ4n) is 2.64. The fourth-order valence-corrected chi connectivity index (χ4v) is 2.64. The maximum Gasteiger partial charge on any atom is 0.256 e. The molecule has 0 spiro atoms. The maximum absolute atomic E-state index is 12.5. The van der Waals surface area contributed by atoms with Crippen molar-refractivity contribution in [3.63, 3.8) is 0 Å². The molecular formula is C15H20ClN5O2. The van der Waals surface area contributed by atoms with Gasteiger partial charge in [-0.3, -0.25) is 4.79 Å². The normalized spacial score (nSPS) is 16.4. The minimum Gasteiger partial charge on any atom is -0.368 e. The lowest BCUT2D eigenvalue weighted by Gasteiger charge is -2.34. The maximum atomic E-state index is 12.5. The smallest absolute Gasteiger partial charge is 0.256 e. The van der Waals surface area contributed by atoms with E-state index in [1.165, 1.54) is 0 Å². The number of ether oxygens (including phenoxy) is 1. The third-order valence-electron chi connectivity index (χ3n) is 4.03. The molecule has 3 rings (SSSR count). The van der Waals surface area contributed by atoms with Crippen LogP contribution in [-0.4, -0.2) is 46.7 Å². The second-order valence-electron chi connectivity index (χ2n) is 5.30. The molecule has 7 nitrogen and oxygen atoms in total. The van der Waals surface area contributed by atoms with Gasteiger partial charge in [0.1, 0.15) is 5.60 Å². The van der Waals surface area contributed by atoms with E-state index in [2.05, 4.69) is 20.9 Å². The second kappa shape index (κ2) is 7.54. The van der Waals surface area contributed by atoms with E-state index in [-0.39, 0.29) is 18.3 Å². The summed E-state index contributed by atoms with van der Waals surface area (Å²) in [6, 6.07) is 7.46. The summed E-state index contributed by atoms with van der Waals surface area (Å²) in [5.41, 5.74) is 0.887. The van der Waals surface area contributed by atoms with Crippen molar-refractivity contribution in [2.24, 2.45) is 0 Å². The highest BCUT2D eigenvalue weighted by molar-refractivity contribution is 5.97. The summed E-state index contributed by atoms with van der Waals surface area (Å²) in [6.07, 6.45) is 4.73. The largest absolute Gasteiger partial charge is 0.368 e. The van der Waals surface area contributed by atoms with Crippen LogP contribution < -0.4 is 10.6 Å². The summed E-state index contributed by atoms with van der Waals surface area (Å²) in [6.45, 7) is 1.57. The molecule has 1 saturated heterocycles. The number of amides is 1. The number of carbonyl (C=O) groups is 1. The lowest BCUT2D eigenvalue weighted by Crippen LogP contribution is -2.51. The number of rotatable bonds is 4. The first-order valence-corrected chi connectivity index (χ1v) is 7.28. The lowest BCUT2D eigenvalue weighted by molar-refractivity contribution is -0.140. The van der Waals surface area contributed by atoms with E-state index in [1.54, 1.807) is 24.2 Å². The minimum atomic E-state index is -0.740. The average molecular weight is 338 g/mol. The van der Waals surface area contributed by atoms with Gasteiger partial charge in [-0.25, -0.2) is 4.68 Å². The van der Waals surface area contributed by atoms with Crippen LogP contribution in [0, 0.1) is 0 Å². The van der Waals surface area contributed by atoms with Gasteiger partial charge in [0, 0.05) is 12.8 Å². The molecule has 1 aromatic heterocycles. The van der Waals surface area contributed by atoms with Crippen molar-refractivity contribution in [3.05, 3.63) is 36.7 Å². The number of nitrogens with zero attached hydrogens (tertiary/aromatic N) is 3. The third kappa shape index (κ3) is 3.69. The molecule has 0 atom stereocenters. The number of nitrogens with one attached hydrogen (secondary N) is 2. The van der Waals surface area contributed by atoms with Crippen LogP contribution in [0.5, 0.6) is 0 Å². The molecule has 1 aliphatic rings. The Hall–Kier alpha value is -1.96. The fraction of sp³-hybridized carbons (Fsp3) is 0.400. The number of aromatic nitrogens is 3. The van der Waals surface area contributed by atoms with E-state index in [0.717, 1.165) is 24.5 Å². The van der Waals surface area contributed by atoms with Gasteiger partial charge in [-0.15, -0.1) is 17.5 Å². The molecule has 0 radical (unpaired) electrons. The third-order valence-corrected chi connectivity index (χ3v) is 4.03. The van der Waals surface area contributed by atoms with Crippen molar-refractivity contribution >= 4 is 24.0 Å².